The molecule has 0 aromatic heterocycles. The molecule has 7 heteroatoms. The maximum atomic E-state index is 12.4. The molecule has 0 spiro atoms. The first-order chi connectivity index (χ1) is 13.8. The first-order valence-corrected chi connectivity index (χ1v) is 9.23. The molecule has 0 radical (unpaired) electrons. The molecule has 1 aliphatic rings. The number of urea groups is 1. The quantitative estimate of drug-likeness (QED) is 0.558. The van der Waals surface area contributed by atoms with Crippen LogP contribution in [0.25, 0.3) is 0 Å². The molecule has 0 unspecified atom stereocenters. The molecular weight excluding hydrogens is 372 g/mol. The van der Waals surface area contributed by atoms with Crippen LogP contribution in [0, 0.1) is 0 Å². The number of aliphatic hydroxyl groups excluding tert-OH is 1. The van der Waals surface area contributed by atoms with E-state index < -0.39 is 5.97 Å². The predicted octanol–water partition coefficient (Wildman–Crippen LogP) is 4.47. The summed E-state index contributed by atoms with van der Waals surface area (Å²) < 4.78 is 10.4. The van der Waals surface area contributed by atoms with E-state index in [-0.39, 0.29) is 6.03 Å². The molecule has 2 N–H and O–H groups in total. The summed E-state index contributed by atoms with van der Waals surface area (Å²) in [5.41, 5.74) is 2.58. The molecular formula is C22H32N2O5. The number of hydrogen-bond donors (Lipinski definition) is 2. The smallest absolute Gasteiger partial charge is 0.338 e. The topological polar surface area (TPSA) is 88.1 Å². The average Bonchev–Trinajstić information content (AvgIpc) is 3.10. The standard InChI is InChI=1S/C19H22N2O4.C2H6.CH4O/c1-12(2)18(22)25-17-11-15(9-13(17)3)21(4)19(23)20-14-7-6-8-16(10-14)24-5;2*1-2/h6-8,10-11H,1,9H2,2-5H3,(H,20,23);1-2H3;2H,1H3. The number of carbonyl (C=O) groups is 2. The van der Waals surface area contributed by atoms with Crippen molar-refractivity contribution in [1.29, 1.82) is 0 Å². The molecule has 0 bridgehead atoms. The van der Waals surface area contributed by atoms with Gasteiger partial charge in [-0.3, -0.25) is 0 Å². The molecule has 0 atom stereocenters. The van der Waals surface area contributed by atoms with Crippen LogP contribution in [0.3, 0.4) is 0 Å². The highest BCUT2D eigenvalue weighted by Gasteiger charge is 2.22. The molecule has 2 amide bonds. The van der Waals surface area contributed by atoms with Crippen molar-refractivity contribution in [1.82, 2.24) is 4.90 Å². The first-order valence-electron chi connectivity index (χ1n) is 9.23. The summed E-state index contributed by atoms with van der Waals surface area (Å²) in [5.74, 6) is 0.645. The zero-order valence-corrected chi connectivity index (χ0v) is 18.3. The molecule has 0 heterocycles. The van der Waals surface area contributed by atoms with Gasteiger partial charge in [-0.1, -0.05) is 26.5 Å². The minimum absolute atomic E-state index is 0.292. The van der Waals surface area contributed by atoms with Gasteiger partial charge >= 0.3 is 12.0 Å². The molecule has 0 saturated carbocycles. The van der Waals surface area contributed by atoms with Crippen LogP contribution in [0.15, 0.2) is 59.5 Å². The number of nitrogens with one attached hydrogen (secondary N) is 1. The Morgan fingerprint density at radius 1 is 1.24 bits per heavy atom. The van der Waals surface area contributed by atoms with Crippen LogP contribution in [0.1, 0.15) is 34.1 Å². The van der Waals surface area contributed by atoms with Gasteiger partial charge in [0.15, 0.2) is 0 Å². The molecule has 0 fully saturated rings. The molecule has 160 valence electrons. The lowest BCUT2D eigenvalue weighted by atomic mass is 10.2. The lowest BCUT2D eigenvalue weighted by Gasteiger charge is -2.19. The second-order valence-electron chi connectivity index (χ2n) is 5.85. The number of nitrogens with zero attached hydrogens (tertiary/aromatic N) is 1. The second-order valence-corrected chi connectivity index (χ2v) is 5.85. The van der Waals surface area contributed by atoms with Crippen LogP contribution >= 0.6 is 0 Å². The van der Waals surface area contributed by atoms with E-state index in [2.05, 4.69) is 11.9 Å². The number of rotatable bonds is 5. The van der Waals surface area contributed by atoms with Crippen molar-refractivity contribution < 1.29 is 24.2 Å². The Bertz CT molecular complexity index is 781. The third kappa shape index (κ3) is 7.83. The molecule has 1 aromatic rings. The zero-order chi connectivity index (χ0) is 22.6. The number of amides is 2. The van der Waals surface area contributed by atoms with Crippen LogP contribution in [0.4, 0.5) is 10.5 Å². The fourth-order valence-electron chi connectivity index (χ4n) is 2.24. The highest BCUT2D eigenvalue weighted by molar-refractivity contribution is 5.91. The van der Waals surface area contributed by atoms with E-state index >= 15 is 0 Å². The van der Waals surface area contributed by atoms with Gasteiger partial charge < -0.3 is 24.8 Å². The number of hydrogen-bond acceptors (Lipinski definition) is 5. The monoisotopic (exact) mass is 404 g/mol. The largest absolute Gasteiger partial charge is 0.497 e. The Labute approximate surface area is 173 Å². The maximum absolute atomic E-state index is 12.4. The number of anilines is 1. The number of benzene rings is 1. The third-order valence-electron chi connectivity index (χ3n) is 3.77. The van der Waals surface area contributed by atoms with Gasteiger partial charge in [-0.15, -0.1) is 0 Å². The highest BCUT2D eigenvalue weighted by Crippen LogP contribution is 2.28. The number of esters is 1. The van der Waals surface area contributed by atoms with Crippen LogP contribution in [-0.4, -0.2) is 43.3 Å². The maximum Gasteiger partial charge on any atom is 0.338 e. The van der Waals surface area contributed by atoms with Crippen molar-refractivity contribution in [3.63, 3.8) is 0 Å². The number of carbonyl (C=O) groups excluding carboxylic acids is 2. The highest BCUT2D eigenvalue weighted by atomic mass is 16.5. The van der Waals surface area contributed by atoms with Gasteiger partial charge in [-0.05, 0) is 31.6 Å². The Balaban J connectivity index is 0.00000184. The van der Waals surface area contributed by atoms with Gasteiger partial charge in [0.25, 0.3) is 0 Å². The van der Waals surface area contributed by atoms with Crippen molar-refractivity contribution in [2.45, 2.75) is 34.1 Å². The van der Waals surface area contributed by atoms with Gasteiger partial charge in [-0.25, -0.2) is 9.59 Å². The Kier molecular flexibility index (Phi) is 11.8. The van der Waals surface area contributed by atoms with Crippen molar-refractivity contribution >= 4 is 17.7 Å². The van der Waals surface area contributed by atoms with Crippen LogP contribution in [-0.2, 0) is 9.53 Å². The summed E-state index contributed by atoms with van der Waals surface area (Å²) in [6, 6.07) is 6.82. The van der Waals surface area contributed by atoms with Crippen LogP contribution in [0.2, 0.25) is 0 Å². The Morgan fingerprint density at radius 2 is 1.86 bits per heavy atom. The van der Waals surface area contributed by atoms with Crippen molar-refractivity contribution in [3.05, 3.63) is 59.5 Å². The van der Waals surface area contributed by atoms with E-state index in [0.29, 0.717) is 29.2 Å². The lowest BCUT2D eigenvalue weighted by Crippen LogP contribution is -2.30. The van der Waals surface area contributed by atoms with E-state index in [4.69, 9.17) is 14.6 Å². The van der Waals surface area contributed by atoms with E-state index in [1.165, 1.54) is 4.90 Å². The number of aliphatic hydroxyl groups is 1. The molecule has 7 nitrogen and oxygen atoms in total. The molecule has 0 aliphatic heterocycles. The Hall–Kier alpha value is -3.06. The minimum atomic E-state index is -0.477. The summed E-state index contributed by atoms with van der Waals surface area (Å²) in [4.78, 5) is 25.6. The van der Waals surface area contributed by atoms with Crippen molar-refractivity contribution in [2.75, 3.05) is 26.6 Å². The summed E-state index contributed by atoms with van der Waals surface area (Å²) >= 11 is 0. The summed E-state index contributed by atoms with van der Waals surface area (Å²) in [7, 11) is 4.23. The minimum Gasteiger partial charge on any atom is -0.497 e. The number of allylic oxidation sites excluding steroid dienone is 2. The summed E-state index contributed by atoms with van der Waals surface area (Å²) in [5, 5.41) is 9.81. The Morgan fingerprint density at radius 3 is 2.41 bits per heavy atom. The second kappa shape index (κ2) is 13.2. The first kappa shape index (κ1) is 25.9. The van der Waals surface area contributed by atoms with Crippen LogP contribution in [0.5, 0.6) is 5.75 Å². The molecule has 0 saturated heterocycles. The van der Waals surface area contributed by atoms with Gasteiger partial charge in [0.05, 0.1) is 7.11 Å². The normalized spacial score (nSPS) is 11.8. The number of methoxy groups -OCH3 is 1. The third-order valence-corrected chi connectivity index (χ3v) is 3.77. The lowest BCUT2D eigenvalue weighted by molar-refractivity contribution is -0.134. The van der Waals surface area contributed by atoms with Crippen molar-refractivity contribution in [3.8, 4) is 5.75 Å². The van der Waals surface area contributed by atoms with Gasteiger partial charge in [0, 0.05) is 49.7 Å². The van der Waals surface area contributed by atoms with E-state index in [1.54, 1.807) is 51.4 Å². The summed E-state index contributed by atoms with van der Waals surface area (Å²) in [6.07, 6.45) is 2.22. The van der Waals surface area contributed by atoms with E-state index in [1.807, 2.05) is 20.8 Å². The molecule has 29 heavy (non-hydrogen) atoms. The molecule has 1 aromatic carbocycles. The van der Waals surface area contributed by atoms with E-state index in [9.17, 15) is 9.59 Å². The SMILES string of the molecule is C=C(C)C(=O)OC1=C(C)CC(N(C)C(=O)Nc2cccc(OC)c2)=C1.CC.CO. The van der Waals surface area contributed by atoms with Crippen LogP contribution < -0.4 is 10.1 Å². The molecule has 1 aliphatic carbocycles. The van der Waals surface area contributed by atoms with E-state index in [0.717, 1.165) is 18.4 Å². The van der Waals surface area contributed by atoms with Crippen molar-refractivity contribution in [2.24, 2.45) is 0 Å². The molecule has 2 rings (SSSR count). The predicted molar refractivity (Wildman–Crippen MR) is 116 cm³/mol. The number of ether oxygens (including phenoxy) is 2. The van der Waals surface area contributed by atoms with Gasteiger partial charge in [-0.2, -0.15) is 0 Å². The summed E-state index contributed by atoms with van der Waals surface area (Å²) in [6.45, 7) is 11.0. The fraction of sp³-hybridized carbons (Fsp3) is 0.364. The van der Waals surface area contributed by atoms with Gasteiger partial charge in [0.1, 0.15) is 11.5 Å². The average molecular weight is 405 g/mol. The zero-order valence-electron chi connectivity index (χ0n) is 18.3. The van der Waals surface area contributed by atoms with Gasteiger partial charge in [0.2, 0.25) is 0 Å². The fourth-order valence-corrected chi connectivity index (χ4v) is 2.24.